The Morgan fingerprint density at radius 1 is 1.32 bits per heavy atom. The standard InChI is InChI=1S/C18H19BrFIN4O2S/c1-18(2,3)27-17(26)25-6-4-24(5-7-25)16-12-8-11(9-28-21)13(19)14(20)15(12)22-10-23-16/h8,10H,4-7H2,1-3H3. The van der Waals surface area contributed by atoms with Crippen LogP contribution in [0.3, 0.4) is 0 Å². The average Bonchev–Trinajstić information content (AvgIpc) is 2.64. The number of carbonyl (C=O) groups is 1. The third kappa shape index (κ3) is 4.67. The first-order chi connectivity index (χ1) is 13.2. The van der Waals surface area contributed by atoms with Crippen molar-refractivity contribution in [2.75, 3.05) is 31.1 Å². The van der Waals surface area contributed by atoms with E-state index in [1.165, 1.54) is 14.7 Å². The molecular weight excluding hydrogens is 562 g/mol. The molecule has 1 fully saturated rings. The maximum absolute atomic E-state index is 14.8. The van der Waals surface area contributed by atoms with Crippen molar-refractivity contribution in [1.82, 2.24) is 14.9 Å². The zero-order valence-corrected chi connectivity index (χ0v) is 20.2. The molecule has 6 nitrogen and oxygen atoms in total. The first-order valence-corrected chi connectivity index (χ1v) is 12.8. The normalized spacial score (nSPS) is 14.8. The lowest BCUT2D eigenvalue weighted by atomic mass is 10.1. The second-order valence-corrected chi connectivity index (χ2v) is 9.75. The fraction of sp³-hybridized carbons (Fsp3) is 0.444. The molecule has 0 spiro atoms. The van der Waals surface area contributed by atoms with Crippen LogP contribution in [-0.4, -0.2) is 52.7 Å². The summed E-state index contributed by atoms with van der Waals surface area (Å²) < 4.78 is 20.6. The third-order valence-corrected chi connectivity index (χ3v) is 5.90. The van der Waals surface area contributed by atoms with Gasteiger partial charge >= 0.3 is 6.09 Å². The molecule has 0 saturated carbocycles. The van der Waals surface area contributed by atoms with Crippen LogP contribution in [0, 0.1) is 11.0 Å². The monoisotopic (exact) mass is 580 g/mol. The van der Waals surface area contributed by atoms with Crippen molar-refractivity contribution in [1.29, 1.82) is 0 Å². The van der Waals surface area contributed by atoms with E-state index in [1.54, 1.807) is 4.90 Å². The number of halogens is 3. The molecule has 0 N–H and O–H groups in total. The second-order valence-electron chi connectivity index (χ2n) is 7.28. The molecule has 1 aromatic heterocycles. The van der Waals surface area contributed by atoms with Crippen LogP contribution in [0.25, 0.3) is 10.9 Å². The van der Waals surface area contributed by atoms with E-state index < -0.39 is 11.4 Å². The number of anilines is 1. The van der Waals surface area contributed by atoms with Gasteiger partial charge in [0.1, 0.15) is 23.3 Å². The van der Waals surface area contributed by atoms with Gasteiger partial charge in [0.05, 0.1) is 4.47 Å². The van der Waals surface area contributed by atoms with E-state index in [1.807, 2.05) is 31.7 Å². The number of piperazine rings is 1. The molecule has 0 radical (unpaired) electrons. The highest BCUT2D eigenvalue weighted by atomic mass is 127. The van der Waals surface area contributed by atoms with Gasteiger partial charge in [0.15, 0.2) is 5.82 Å². The highest BCUT2D eigenvalue weighted by Crippen LogP contribution is 2.32. The van der Waals surface area contributed by atoms with Gasteiger partial charge in [-0.1, -0.05) is 8.34 Å². The van der Waals surface area contributed by atoms with Gasteiger partial charge in [-0.2, -0.15) is 0 Å². The number of ether oxygens (including phenoxy) is 1. The first-order valence-electron chi connectivity index (χ1n) is 8.60. The zero-order valence-electron chi connectivity index (χ0n) is 15.6. The first kappa shape index (κ1) is 21.5. The van der Waals surface area contributed by atoms with E-state index >= 15 is 0 Å². The Bertz CT molecular complexity index is 981. The topological polar surface area (TPSA) is 58.6 Å². The molecule has 1 aromatic carbocycles. The van der Waals surface area contributed by atoms with E-state index in [0.717, 1.165) is 0 Å². The molecule has 1 amide bonds. The van der Waals surface area contributed by atoms with Gasteiger partial charge in [-0.15, -0.1) is 0 Å². The molecule has 10 heteroatoms. The highest BCUT2D eigenvalue weighted by molar-refractivity contribution is 14.2. The van der Waals surface area contributed by atoms with E-state index in [0.29, 0.717) is 47.4 Å². The number of nitrogens with zero attached hydrogens (tertiary/aromatic N) is 4. The van der Waals surface area contributed by atoms with Crippen LogP contribution in [-0.2, 0) is 4.74 Å². The average molecular weight is 581 g/mol. The summed E-state index contributed by atoms with van der Waals surface area (Å²) in [4.78, 5) is 24.5. The Balaban J connectivity index is 1.87. The summed E-state index contributed by atoms with van der Waals surface area (Å²) in [5.74, 6) is 0.225. The summed E-state index contributed by atoms with van der Waals surface area (Å²) in [6.45, 7) is 7.71. The molecule has 150 valence electrons. The number of hydrogen-bond donors (Lipinski definition) is 0. The van der Waals surface area contributed by atoms with E-state index in [-0.39, 0.29) is 11.6 Å². The van der Waals surface area contributed by atoms with E-state index in [2.05, 4.69) is 52.3 Å². The molecule has 2 aromatic rings. The molecule has 0 bridgehead atoms. The second kappa shape index (κ2) is 8.64. The van der Waals surface area contributed by atoms with Crippen molar-refractivity contribution in [3.63, 3.8) is 0 Å². The Morgan fingerprint density at radius 3 is 2.61 bits per heavy atom. The van der Waals surface area contributed by atoms with Gasteiger partial charge in [0.2, 0.25) is 0 Å². The molecule has 1 aliphatic rings. The van der Waals surface area contributed by atoms with Crippen molar-refractivity contribution < 1.29 is 13.9 Å². The molecule has 1 saturated heterocycles. The molecule has 0 unspecified atom stereocenters. The van der Waals surface area contributed by atoms with Crippen molar-refractivity contribution in [2.24, 2.45) is 0 Å². The van der Waals surface area contributed by atoms with Crippen LogP contribution in [0.2, 0.25) is 0 Å². The maximum atomic E-state index is 14.8. The lowest BCUT2D eigenvalue weighted by molar-refractivity contribution is 0.0240. The number of carbonyl (C=O) groups excluding carboxylic acids is 1. The zero-order chi connectivity index (χ0) is 20.5. The Labute approximate surface area is 187 Å². The van der Waals surface area contributed by atoms with Gasteiger partial charge in [0, 0.05) is 58.3 Å². The number of benzene rings is 1. The summed E-state index contributed by atoms with van der Waals surface area (Å²) in [5.41, 5.74) is 0.352. The van der Waals surface area contributed by atoms with Gasteiger partial charge in [-0.05, 0) is 48.0 Å². The predicted molar refractivity (Wildman–Crippen MR) is 122 cm³/mol. The molecule has 3 rings (SSSR count). The minimum atomic E-state index is -0.526. The predicted octanol–water partition coefficient (Wildman–Crippen LogP) is 4.98. The number of aromatic nitrogens is 2. The summed E-state index contributed by atoms with van der Waals surface area (Å²) >= 11 is 5.37. The molecular formula is C18H19BrFIN4O2S. The van der Waals surface area contributed by atoms with Gasteiger partial charge < -0.3 is 14.5 Å². The number of hydrogen-bond acceptors (Lipinski definition) is 5. The van der Waals surface area contributed by atoms with Crippen LogP contribution in [0.1, 0.15) is 26.3 Å². The molecule has 28 heavy (non-hydrogen) atoms. The van der Waals surface area contributed by atoms with Crippen molar-refractivity contribution >= 4 is 68.3 Å². The van der Waals surface area contributed by atoms with E-state index in [9.17, 15) is 9.18 Å². The maximum Gasteiger partial charge on any atom is 0.410 e. The van der Waals surface area contributed by atoms with Crippen LogP contribution in [0.4, 0.5) is 15.0 Å². The van der Waals surface area contributed by atoms with Crippen molar-refractivity contribution in [2.45, 2.75) is 26.4 Å². The third-order valence-electron chi connectivity index (χ3n) is 4.17. The van der Waals surface area contributed by atoms with Gasteiger partial charge in [0.25, 0.3) is 0 Å². The lowest BCUT2D eigenvalue weighted by Crippen LogP contribution is -2.50. The summed E-state index contributed by atoms with van der Waals surface area (Å²) in [6, 6.07) is 1.84. The number of rotatable bonds is 1. The molecule has 0 aliphatic carbocycles. The van der Waals surface area contributed by atoms with Crippen LogP contribution >= 0.6 is 45.5 Å². The molecule has 0 atom stereocenters. The van der Waals surface area contributed by atoms with Crippen LogP contribution < -0.4 is 4.90 Å². The summed E-state index contributed by atoms with van der Waals surface area (Å²) in [6.07, 6.45) is 1.05. The van der Waals surface area contributed by atoms with Gasteiger partial charge in [-0.25, -0.2) is 19.2 Å². The molecule has 2 heterocycles. The minimum absolute atomic E-state index is 0.260. The van der Waals surface area contributed by atoms with Crippen molar-refractivity contribution in [3.8, 4) is 5.18 Å². The van der Waals surface area contributed by atoms with Crippen molar-refractivity contribution in [3.05, 3.63) is 28.2 Å². The Kier molecular flexibility index (Phi) is 6.63. The SMILES string of the molecule is CC(C)(C)OC(=O)N1CCN(c2ncnc3c(F)c(Br)c(C#SI)cc23)CC1. The van der Waals surface area contributed by atoms with Crippen LogP contribution in [0.5, 0.6) is 0 Å². The lowest BCUT2D eigenvalue weighted by Gasteiger charge is -2.36. The Hall–Kier alpha value is -1.23. The van der Waals surface area contributed by atoms with Gasteiger partial charge in [-0.3, -0.25) is 0 Å². The quantitative estimate of drug-likeness (QED) is 0.445. The smallest absolute Gasteiger partial charge is 0.410 e. The summed E-state index contributed by atoms with van der Waals surface area (Å²) in [7, 11) is 1.35. The fourth-order valence-corrected chi connectivity index (χ4v) is 4.41. The number of fused-ring (bicyclic) bond motifs is 1. The summed E-state index contributed by atoms with van der Waals surface area (Å²) in [5, 5.41) is 3.68. The largest absolute Gasteiger partial charge is 0.444 e. The minimum Gasteiger partial charge on any atom is -0.444 e. The highest BCUT2D eigenvalue weighted by Gasteiger charge is 2.27. The molecule has 1 aliphatic heterocycles. The number of amides is 1. The van der Waals surface area contributed by atoms with Crippen LogP contribution in [0.15, 0.2) is 16.9 Å². The van der Waals surface area contributed by atoms with E-state index in [4.69, 9.17) is 4.74 Å². The fourth-order valence-electron chi connectivity index (χ4n) is 2.92. The Morgan fingerprint density at radius 2 is 2.00 bits per heavy atom.